The van der Waals surface area contributed by atoms with E-state index in [-0.39, 0.29) is 35.4 Å². The van der Waals surface area contributed by atoms with Gasteiger partial charge >= 0.3 is 6.18 Å². The van der Waals surface area contributed by atoms with Gasteiger partial charge in [0.15, 0.2) is 17.3 Å². The lowest BCUT2D eigenvalue weighted by Crippen LogP contribution is -2.48. The van der Waals surface area contributed by atoms with E-state index in [0.29, 0.717) is 43.0 Å². The maximum Gasteiger partial charge on any atom is 0.417 e. The van der Waals surface area contributed by atoms with Crippen LogP contribution in [0.1, 0.15) is 34.6 Å². The highest BCUT2D eigenvalue weighted by molar-refractivity contribution is 5.96. The maximum atomic E-state index is 14.3. The lowest BCUT2D eigenvalue weighted by Gasteiger charge is -2.34. The van der Waals surface area contributed by atoms with Crippen molar-refractivity contribution in [2.24, 2.45) is 5.92 Å². The molecule has 2 bridgehead atoms. The fourth-order valence-electron chi connectivity index (χ4n) is 4.63. The number of pyridine rings is 2. The third-order valence-electron chi connectivity index (χ3n) is 6.08. The van der Waals surface area contributed by atoms with Crippen molar-refractivity contribution in [2.45, 2.75) is 38.0 Å². The Balaban J connectivity index is 1.39. The van der Waals surface area contributed by atoms with Crippen LogP contribution in [0.2, 0.25) is 0 Å². The number of carbonyl (C=O) groups is 1. The number of aromatic nitrogens is 5. The van der Waals surface area contributed by atoms with Crippen molar-refractivity contribution in [3.8, 4) is 5.69 Å². The topological polar surface area (TPSA) is 88.8 Å². The second-order valence-electron chi connectivity index (χ2n) is 8.30. The number of anilines is 1. The van der Waals surface area contributed by atoms with Crippen molar-refractivity contribution in [2.75, 3.05) is 11.9 Å². The zero-order chi connectivity index (χ0) is 23.3. The molecule has 2 fully saturated rings. The summed E-state index contributed by atoms with van der Waals surface area (Å²) in [4.78, 5) is 24.5. The number of likely N-dealkylation sites (tertiary alicyclic amines) is 1. The largest absolute Gasteiger partial charge is 0.417 e. The molecule has 3 aromatic heterocycles. The van der Waals surface area contributed by atoms with Gasteiger partial charge in [0.1, 0.15) is 5.69 Å². The minimum atomic E-state index is -4.68. The summed E-state index contributed by atoms with van der Waals surface area (Å²) in [6.45, 7) is 2.29. The van der Waals surface area contributed by atoms with Crippen LogP contribution in [0.25, 0.3) is 5.69 Å². The van der Waals surface area contributed by atoms with Gasteiger partial charge in [-0.1, -0.05) is 0 Å². The Hall–Kier alpha value is -3.57. The predicted molar refractivity (Wildman–Crippen MR) is 108 cm³/mol. The van der Waals surface area contributed by atoms with Gasteiger partial charge < -0.3 is 10.2 Å². The van der Waals surface area contributed by atoms with E-state index in [1.807, 2.05) is 0 Å². The smallest absolute Gasteiger partial charge is 0.363 e. The number of rotatable bonds is 4. The molecule has 0 aromatic carbocycles. The van der Waals surface area contributed by atoms with Gasteiger partial charge in [0.25, 0.3) is 5.91 Å². The second-order valence-corrected chi connectivity index (χ2v) is 8.30. The molecule has 2 unspecified atom stereocenters. The summed E-state index contributed by atoms with van der Waals surface area (Å²) < 4.78 is 52.7. The first kappa shape index (κ1) is 21.3. The van der Waals surface area contributed by atoms with E-state index in [9.17, 15) is 22.4 Å². The van der Waals surface area contributed by atoms with E-state index in [2.05, 4.69) is 25.5 Å². The summed E-state index contributed by atoms with van der Waals surface area (Å²) in [6.07, 6.45) is 0.277. The van der Waals surface area contributed by atoms with Gasteiger partial charge in [-0.15, -0.1) is 4.80 Å². The SMILES string of the molecule is Cc1ccc(-n2nccn2)c(C(=O)N2C[C@H]3CC(Nc4ncc(C(F)(F)F)cc4F)C2C3)n1. The van der Waals surface area contributed by atoms with E-state index >= 15 is 0 Å². The summed E-state index contributed by atoms with van der Waals surface area (Å²) in [7, 11) is 0. The summed E-state index contributed by atoms with van der Waals surface area (Å²) in [5, 5.41) is 11.1. The number of nitrogens with one attached hydrogen (secondary N) is 1. The number of fused-ring (bicyclic) bond motifs is 2. The molecule has 1 N–H and O–H groups in total. The number of nitrogens with zero attached hydrogens (tertiary/aromatic N) is 6. The van der Waals surface area contributed by atoms with Crippen LogP contribution in [-0.4, -0.2) is 54.4 Å². The normalized spacial score (nSPS) is 22.1. The van der Waals surface area contributed by atoms with Crippen molar-refractivity contribution in [3.05, 3.63) is 59.6 Å². The monoisotopic (exact) mass is 461 g/mol. The number of halogens is 4. The third kappa shape index (κ3) is 3.89. The van der Waals surface area contributed by atoms with Gasteiger partial charge in [-0.05, 0) is 43.9 Å². The Morgan fingerprint density at radius 2 is 1.94 bits per heavy atom. The number of hydrogen-bond acceptors (Lipinski definition) is 6. The molecule has 0 spiro atoms. The first-order valence-corrected chi connectivity index (χ1v) is 10.4. The lowest BCUT2D eigenvalue weighted by molar-refractivity contribution is -0.138. The van der Waals surface area contributed by atoms with Gasteiger partial charge in [-0.2, -0.15) is 23.4 Å². The molecule has 2 aliphatic rings. The van der Waals surface area contributed by atoms with E-state index in [1.54, 1.807) is 24.0 Å². The van der Waals surface area contributed by atoms with E-state index in [1.165, 1.54) is 17.2 Å². The lowest BCUT2D eigenvalue weighted by atomic mass is 10.0. The molecular weight excluding hydrogens is 442 g/mol. The Kier molecular flexibility index (Phi) is 5.02. The third-order valence-corrected chi connectivity index (χ3v) is 6.08. The Bertz CT molecular complexity index is 1200. The number of alkyl halides is 3. The molecule has 12 heteroatoms. The van der Waals surface area contributed by atoms with Crippen molar-refractivity contribution >= 4 is 11.7 Å². The Labute approximate surface area is 185 Å². The standard InChI is InChI=1S/C21H19F4N7O/c1-11-2-3-16(32-27-4-5-28-32)18(29-11)20(33)31-10-12-6-15(17(31)7-12)30-19-14(22)8-13(9-26-19)21(23,24)25/h2-5,8-9,12,15,17H,6-7,10H2,1H3,(H,26,30)/t12-,15?,17?/m0/s1. The van der Waals surface area contributed by atoms with Crippen LogP contribution in [0.5, 0.6) is 0 Å². The van der Waals surface area contributed by atoms with E-state index in [4.69, 9.17) is 0 Å². The van der Waals surface area contributed by atoms with E-state index in [0.717, 1.165) is 0 Å². The quantitative estimate of drug-likeness (QED) is 0.601. The molecule has 1 amide bonds. The van der Waals surface area contributed by atoms with Crippen LogP contribution >= 0.6 is 0 Å². The highest BCUT2D eigenvalue weighted by Crippen LogP contribution is 2.40. The average Bonchev–Trinajstić information content (AvgIpc) is 3.51. The van der Waals surface area contributed by atoms with Crippen LogP contribution in [0, 0.1) is 18.7 Å². The van der Waals surface area contributed by atoms with Crippen LogP contribution in [0.4, 0.5) is 23.4 Å². The van der Waals surface area contributed by atoms with Crippen LogP contribution < -0.4 is 5.32 Å². The number of carbonyl (C=O) groups excluding carboxylic acids is 1. The number of hydrogen-bond donors (Lipinski definition) is 1. The first-order valence-electron chi connectivity index (χ1n) is 10.4. The maximum absolute atomic E-state index is 14.3. The zero-order valence-corrected chi connectivity index (χ0v) is 17.4. The van der Waals surface area contributed by atoms with Gasteiger partial charge in [0.2, 0.25) is 0 Å². The fraction of sp³-hybridized carbons (Fsp3) is 0.381. The van der Waals surface area contributed by atoms with Gasteiger partial charge in [0.05, 0.1) is 24.0 Å². The number of amides is 1. The van der Waals surface area contributed by atoms with Gasteiger partial charge in [-0.25, -0.2) is 14.4 Å². The molecule has 1 aliphatic carbocycles. The summed E-state index contributed by atoms with van der Waals surface area (Å²) in [5.74, 6) is -1.46. The first-order chi connectivity index (χ1) is 15.7. The second kappa shape index (κ2) is 7.78. The molecule has 3 atom stereocenters. The van der Waals surface area contributed by atoms with Crippen molar-refractivity contribution in [3.63, 3.8) is 0 Å². The molecule has 8 nitrogen and oxygen atoms in total. The summed E-state index contributed by atoms with van der Waals surface area (Å²) >= 11 is 0. The molecule has 0 radical (unpaired) electrons. The van der Waals surface area contributed by atoms with Crippen LogP contribution in [0.15, 0.2) is 36.8 Å². The number of piperidine rings is 1. The molecule has 172 valence electrons. The number of aryl methyl sites for hydroxylation is 1. The van der Waals surface area contributed by atoms with Crippen molar-refractivity contribution < 1.29 is 22.4 Å². The minimum absolute atomic E-state index is 0.185. The molecule has 1 aliphatic heterocycles. The average molecular weight is 461 g/mol. The van der Waals surface area contributed by atoms with E-state index < -0.39 is 17.6 Å². The van der Waals surface area contributed by atoms with Crippen LogP contribution in [0.3, 0.4) is 0 Å². The molecule has 1 saturated heterocycles. The summed E-state index contributed by atoms with van der Waals surface area (Å²) in [6, 6.07) is 3.29. The highest BCUT2D eigenvalue weighted by Gasteiger charge is 2.48. The molecular formula is C21H19F4N7O. The summed E-state index contributed by atoms with van der Waals surface area (Å²) in [5.41, 5.74) is 0.152. The van der Waals surface area contributed by atoms with Gasteiger partial charge in [-0.3, -0.25) is 4.79 Å². The fourth-order valence-corrected chi connectivity index (χ4v) is 4.63. The minimum Gasteiger partial charge on any atom is -0.363 e. The predicted octanol–water partition coefficient (Wildman–Crippen LogP) is 3.24. The highest BCUT2D eigenvalue weighted by atomic mass is 19.4. The molecule has 4 heterocycles. The van der Waals surface area contributed by atoms with Crippen LogP contribution in [-0.2, 0) is 6.18 Å². The van der Waals surface area contributed by atoms with Gasteiger partial charge in [0, 0.05) is 24.5 Å². The molecule has 5 rings (SSSR count). The Morgan fingerprint density at radius 3 is 2.61 bits per heavy atom. The molecule has 3 aromatic rings. The Morgan fingerprint density at radius 1 is 1.18 bits per heavy atom. The van der Waals surface area contributed by atoms with Crippen molar-refractivity contribution in [1.82, 2.24) is 29.9 Å². The van der Waals surface area contributed by atoms with Crippen molar-refractivity contribution in [1.29, 1.82) is 0 Å². The zero-order valence-electron chi connectivity index (χ0n) is 17.4. The molecule has 33 heavy (non-hydrogen) atoms. The molecule has 1 saturated carbocycles.